The van der Waals surface area contributed by atoms with E-state index in [1.165, 1.54) is 13.3 Å². The van der Waals surface area contributed by atoms with Gasteiger partial charge >= 0.3 is 5.97 Å². The van der Waals surface area contributed by atoms with Crippen LogP contribution in [0.1, 0.15) is 20.7 Å². The Morgan fingerprint density at radius 1 is 0.964 bits per heavy atom. The Morgan fingerprint density at radius 2 is 1.79 bits per heavy atom. The molecule has 0 saturated heterocycles. The first kappa shape index (κ1) is 18.9. The van der Waals surface area contributed by atoms with Crippen molar-refractivity contribution in [2.75, 3.05) is 24.9 Å². The van der Waals surface area contributed by atoms with Crippen molar-refractivity contribution in [2.24, 2.45) is 0 Å². The molecule has 1 heterocycles. The van der Waals surface area contributed by atoms with Crippen molar-refractivity contribution in [3.63, 3.8) is 0 Å². The number of hydrogen-bond donors (Lipinski definition) is 2. The number of methoxy groups -OCH3 is 2. The van der Waals surface area contributed by atoms with Crippen molar-refractivity contribution in [2.45, 2.75) is 0 Å². The lowest BCUT2D eigenvalue weighted by atomic mass is 10.1. The summed E-state index contributed by atoms with van der Waals surface area (Å²) in [6, 6.07) is 17.4. The van der Waals surface area contributed by atoms with Crippen LogP contribution in [0, 0.1) is 0 Å². The van der Waals surface area contributed by atoms with Gasteiger partial charge in [0, 0.05) is 18.0 Å². The smallest absolute Gasteiger partial charge is 0.339 e. The fourth-order valence-corrected chi connectivity index (χ4v) is 2.53. The summed E-state index contributed by atoms with van der Waals surface area (Å²) in [5.74, 6) is 0.411. The molecule has 1 amide bonds. The summed E-state index contributed by atoms with van der Waals surface area (Å²) < 4.78 is 9.92. The summed E-state index contributed by atoms with van der Waals surface area (Å²) in [6.45, 7) is 0. The molecule has 0 radical (unpaired) electrons. The number of ether oxygens (including phenoxy) is 2. The molecule has 0 unspecified atom stereocenters. The maximum atomic E-state index is 12.5. The van der Waals surface area contributed by atoms with Gasteiger partial charge in [-0.15, -0.1) is 0 Å². The molecular formula is C21H19N3O4. The van der Waals surface area contributed by atoms with Crippen LogP contribution in [-0.4, -0.2) is 31.1 Å². The SMILES string of the molecule is COC(=O)c1ccccc1NC(=O)c1ccc(Nc2cccc(OC)c2)nc1. The molecule has 0 spiro atoms. The first-order chi connectivity index (χ1) is 13.6. The molecule has 2 N–H and O–H groups in total. The second kappa shape index (κ2) is 8.68. The Bertz CT molecular complexity index is 987. The van der Waals surface area contributed by atoms with Gasteiger partial charge in [-0.25, -0.2) is 9.78 Å². The third-order valence-corrected chi connectivity index (χ3v) is 3.95. The van der Waals surface area contributed by atoms with Gasteiger partial charge in [0.05, 0.1) is 31.0 Å². The number of aromatic nitrogens is 1. The van der Waals surface area contributed by atoms with Crippen LogP contribution >= 0.6 is 0 Å². The summed E-state index contributed by atoms with van der Waals surface area (Å²) in [6.07, 6.45) is 1.46. The van der Waals surface area contributed by atoms with Gasteiger partial charge in [0.15, 0.2) is 0 Å². The van der Waals surface area contributed by atoms with E-state index in [0.29, 0.717) is 17.1 Å². The van der Waals surface area contributed by atoms with Gasteiger partial charge in [-0.2, -0.15) is 0 Å². The molecule has 28 heavy (non-hydrogen) atoms. The summed E-state index contributed by atoms with van der Waals surface area (Å²) in [5.41, 5.74) is 1.83. The van der Waals surface area contributed by atoms with Gasteiger partial charge in [0.25, 0.3) is 5.91 Å². The van der Waals surface area contributed by atoms with Gasteiger partial charge < -0.3 is 20.1 Å². The fourth-order valence-electron chi connectivity index (χ4n) is 2.53. The van der Waals surface area contributed by atoms with Crippen molar-refractivity contribution >= 4 is 29.1 Å². The predicted molar refractivity (Wildman–Crippen MR) is 106 cm³/mol. The highest BCUT2D eigenvalue weighted by molar-refractivity contribution is 6.07. The second-order valence-corrected chi connectivity index (χ2v) is 5.78. The Kier molecular flexibility index (Phi) is 5.86. The first-order valence-corrected chi connectivity index (χ1v) is 8.46. The third-order valence-electron chi connectivity index (χ3n) is 3.95. The minimum Gasteiger partial charge on any atom is -0.497 e. The molecule has 0 saturated carbocycles. The summed E-state index contributed by atoms with van der Waals surface area (Å²) in [4.78, 5) is 28.6. The molecule has 0 atom stereocenters. The van der Waals surface area contributed by atoms with Crippen molar-refractivity contribution in [3.05, 3.63) is 78.0 Å². The van der Waals surface area contributed by atoms with E-state index in [9.17, 15) is 9.59 Å². The highest BCUT2D eigenvalue weighted by atomic mass is 16.5. The predicted octanol–water partition coefficient (Wildman–Crippen LogP) is 3.87. The largest absolute Gasteiger partial charge is 0.497 e. The van der Waals surface area contributed by atoms with E-state index in [2.05, 4.69) is 15.6 Å². The Labute approximate surface area is 162 Å². The Morgan fingerprint density at radius 3 is 2.50 bits per heavy atom. The lowest BCUT2D eigenvalue weighted by molar-refractivity contribution is 0.0602. The lowest BCUT2D eigenvalue weighted by Crippen LogP contribution is -2.15. The quantitative estimate of drug-likeness (QED) is 0.634. The molecule has 7 heteroatoms. The number of rotatable bonds is 6. The number of carbonyl (C=O) groups excluding carboxylic acids is 2. The molecule has 142 valence electrons. The molecule has 1 aromatic heterocycles. The van der Waals surface area contributed by atoms with E-state index in [1.54, 1.807) is 43.5 Å². The van der Waals surface area contributed by atoms with E-state index in [-0.39, 0.29) is 11.5 Å². The molecule has 0 bridgehead atoms. The number of anilines is 3. The standard InChI is InChI=1S/C21H19N3O4/c1-27-16-7-5-6-15(12-16)23-19-11-10-14(13-22-19)20(25)24-18-9-4-3-8-17(18)21(26)28-2/h3-13H,1-2H3,(H,22,23)(H,24,25). The van der Waals surface area contributed by atoms with Crippen LogP contribution in [0.3, 0.4) is 0 Å². The number of esters is 1. The van der Waals surface area contributed by atoms with Crippen molar-refractivity contribution in [1.29, 1.82) is 0 Å². The Balaban J connectivity index is 1.71. The molecule has 7 nitrogen and oxygen atoms in total. The van der Waals surface area contributed by atoms with E-state index in [1.807, 2.05) is 24.3 Å². The van der Waals surface area contributed by atoms with Gasteiger partial charge in [-0.3, -0.25) is 4.79 Å². The third kappa shape index (κ3) is 4.45. The summed E-state index contributed by atoms with van der Waals surface area (Å²) >= 11 is 0. The van der Waals surface area contributed by atoms with E-state index in [4.69, 9.17) is 9.47 Å². The number of carbonyl (C=O) groups is 2. The normalized spacial score (nSPS) is 10.1. The minimum atomic E-state index is -0.521. The number of nitrogens with one attached hydrogen (secondary N) is 2. The maximum Gasteiger partial charge on any atom is 0.339 e. The van der Waals surface area contributed by atoms with Gasteiger partial charge in [0.2, 0.25) is 0 Å². The minimum absolute atomic E-state index is 0.280. The molecule has 0 fully saturated rings. The van der Waals surface area contributed by atoms with Crippen LogP contribution in [-0.2, 0) is 4.74 Å². The maximum absolute atomic E-state index is 12.5. The molecule has 0 aliphatic heterocycles. The van der Waals surface area contributed by atoms with Crippen LogP contribution < -0.4 is 15.4 Å². The topological polar surface area (TPSA) is 89.5 Å². The summed E-state index contributed by atoms with van der Waals surface area (Å²) in [5, 5.41) is 5.85. The number of hydrogen-bond acceptors (Lipinski definition) is 6. The van der Waals surface area contributed by atoms with Crippen molar-refractivity contribution in [3.8, 4) is 5.75 Å². The van der Waals surface area contributed by atoms with E-state index in [0.717, 1.165) is 11.4 Å². The molecule has 3 aromatic rings. The average molecular weight is 377 g/mol. The van der Waals surface area contributed by atoms with Crippen LogP contribution in [0.15, 0.2) is 66.9 Å². The first-order valence-electron chi connectivity index (χ1n) is 8.46. The number of benzene rings is 2. The highest BCUT2D eigenvalue weighted by Crippen LogP contribution is 2.21. The van der Waals surface area contributed by atoms with Crippen LogP contribution in [0.2, 0.25) is 0 Å². The van der Waals surface area contributed by atoms with Crippen molar-refractivity contribution < 1.29 is 19.1 Å². The lowest BCUT2D eigenvalue weighted by Gasteiger charge is -2.10. The molecule has 2 aromatic carbocycles. The molecule has 0 aliphatic rings. The second-order valence-electron chi connectivity index (χ2n) is 5.78. The van der Waals surface area contributed by atoms with Gasteiger partial charge in [-0.05, 0) is 36.4 Å². The van der Waals surface area contributed by atoms with E-state index >= 15 is 0 Å². The number of nitrogens with zero attached hydrogens (tertiary/aromatic N) is 1. The fraction of sp³-hybridized carbons (Fsp3) is 0.0952. The zero-order valence-corrected chi connectivity index (χ0v) is 15.4. The molecule has 3 rings (SSSR count). The summed E-state index contributed by atoms with van der Waals surface area (Å²) in [7, 11) is 2.89. The van der Waals surface area contributed by atoms with Gasteiger partial charge in [0.1, 0.15) is 11.6 Å². The number of amides is 1. The zero-order chi connectivity index (χ0) is 19.9. The number of pyridine rings is 1. The van der Waals surface area contributed by atoms with E-state index < -0.39 is 5.97 Å². The Hall–Kier alpha value is -3.87. The van der Waals surface area contributed by atoms with Crippen molar-refractivity contribution in [1.82, 2.24) is 4.98 Å². The van der Waals surface area contributed by atoms with Crippen LogP contribution in [0.4, 0.5) is 17.2 Å². The monoisotopic (exact) mass is 377 g/mol. The molecule has 0 aliphatic carbocycles. The highest BCUT2D eigenvalue weighted by Gasteiger charge is 2.14. The van der Waals surface area contributed by atoms with Crippen LogP contribution in [0.5, 0.6) is 5.75 Å². The number of para-hydroxylation sites is 1. The average Bonchev–Trinajstić information content (AvgIpc) is 2.74. The van der Waals surface area contributed by atoms with Crippen LogP contribution in [0.25, 0.3) is 0 Å². The zero-order valence-electron chi connectivity index (χ0n) is 15.4. The van der Waals surface area contributed by atoms with Gasteiger partial charge in [-0.1, -0.05) is 18.2 Å². The molecular weight excluding hydrogens is 358 g/mol.